The molecule has 5 aromatic rings. The number of rotatable bonds is 8. The summed E-state index contributed by atoms with van der Waals surface area (Å²) in [7, 11) is -2.77. The Labute approximate surface area is 249 Å². The van der Waals surface area contributed by atoms with Gasteiger partial charge in [-0.2, -0.15) is 0 Å². The highest BCUT2D eigenvalue weighted by Crippen LogP contribution is 2.37. The van der Waals surface area contributed by atoms with Crippen LogP contribution >= 0.6 is 27.3 Å². The summed E-state index contributed by atoms with van der Waals surface area (Å²) in [5.74, 6) is -0.0944. The third-order valence-corrected chi connectivity index (χ3v) is 10.3. The lowest BCUT2D eigenvalue weighted by atomic mass is 10.1. The second-order valence-corrected chi connectivity index (χ2v) is 13.3. The number of benzene rings is 3. The number of sulfonamides is 1. The van der Waals surface area contributed by atoms with Crippen molar-refractivity contribution in [2.75, 3.05) is 17.1 Å². The van der Waals surface area contributed by atoms with Gasteiger partial charge in [0.05, 0.1) is 32.4 Å². The number of methoxy groups -OCH3 is 1. The van der Waals surface area contributed by atoms with E-state index in [1.807, 2.05) is 31.2 Å². The number of carbonyl (C=O) groups excluding carboxylic acids is 2. The Morgan fingerprint density at radius 2 is 1.68 bits per heavy atom. The number of aromatic nitrogens is 2. The number of halogens is 1. The van der Waals surface area contributed by atoms with Gasteiger partial charge in [0.25, 0.3) is 15.9 Å². The van der Waals surface area contributed by atoms with Gasteiger partial charge in [-0.15, -0.1) is 11.3 Å². The predicted molar refractivity (Wildman–Crippen MR) is 163 cm³/mol. The lowest BCUT2D eigenvalue weighted by molar-refractivity contribution is 0.0600. The zero-order valence-electron chi connectivity index (χ0n) is 22.2. The number of H-pyrrole nitrogens is 1. The average Bonchev–Trinajstić information content (AvgIpc) is 3.48. The number of aromatic amines is 1. The molecule has 2 aromatic heterocycles. The molecule has 41 heavy (non-hydrogen) atoms. The summed E-state index contributed by atoms with van der Waals surface area (Å²) >= 11 is 4.35. The van der Waals surface area contributed by atoms with Crippen molar-refractivity contribution in [3.05, 3.63) is 103 Å². The van der Waals surface area contributed by atoms with Crippen LogP contribution in [0, 0.1) is 13.8 Å². The van der Waals surface area contributed by atoms with Crippen molar-refractivity contribution in [1.29, 1.82) is 0 Å². The van der Waals surface area contributed by atoms with E-state index in [0.717, 1.165) is 39.3 Å². The molecule has 0 fully saturated rings. The first-order valence-electron chi connectivity index (χ1n) is 12.4. The van der Waals surface area contributed by atoms with E-state index < -0.39 is 21.9 Å². The Bertz CT molecular complexity index is 1880. The van der Waals surface area contributed by atoms with E-state index in [-0.39, 0.29) is 15.5 Å². The maximum Gasteiger partial charge on any atom is 0.337 e. The van der Waals surface area contributed by atoms with Gasteiger partial charge in [0, 0.05) is 17.8 Å². The van der Waals surface area contributed by atoms with Gasteiger partial charge in [-0.1, -0.05) is 18.2 Å². The molecule has 12 heteroatoms. The third-order valence-electron chi connectivity index (χ3n) is 6.35. The highest BCUT2D eigenvalue weighted by molar-refractivity contribution is 9.11. The zero-order valence-corrected chi connectivity index (χ0v) is 25.5. The van der Waals surface area contributed by atoms with E-state index in [4.69, 9.17) is 0 Å². The molecule has 0 unspecified atom stereocenters. The number of aryl methyl sites for hydroxylation is 1. The van der Waals surface area contributed by atoms with Crippen molar-refractivity contribution in [3.8, 4) is 0 Å². The largest absolute Gasteiger partial charge is 0.465 e. The normalized spacial score (nSPS) is 11.4. The number of ether oxygens (including phenoxy) is 1. The first kappa shape index (κ1) is 28.5. The number of hydrogen-bond acceptors (Lipinski definition) is 7. The number of esters is 1. The minimum absolute atomic E-state index is 0.0268. The van der Waals surface area contributed by atoms with Crippen molar-refractivity contribution in [2.45, 2.75) is 25.2 Å². The number of amides is 1. The fourth-order valence-corrected chi connectivity index (χ4v) is 8.36. The van der Waals surface area contributed by atoms with Crippen LogP contribution in [0.5, 0.6) is 0 Å². The van der Waals surface area contributed by atoms with Crippen molar-refractivity contribution in [3.63, 3.8) is 0 Å². The molecular weight excluding hydrogens is 628 g/mol. The van der Waals surface area contributed by atoms with Crippen LogP contribution in [0.25, 0.3) is 11.0 Å². The molecule has 0 aliphatic heterocycles. The van der Waals surface area contributed by atoms with Crippen LogP contribution in [-0.2, 0) is 21.2 Å². The van der Waals surface area contributed by atoms with Gasteiger partial charge in [-0.05, 0) is 95.0 Å². The lowest BCUT2D eigenvalue weighted by Gasteiger charge is -2.10. The van der Waals surface area contributed by atoms with E-state index in [1.54, 1.807) is 19.1 Å². The monoisotopic (exact) mass is 652 g/mol. The minimum Gasteiger partial charge on any atom is -0.465 e. The van der Waals surface area contributed by atoms with Gasteiger partial charge in [0.1, 0.15) is 10.7 Å². The van der Waals surface area contributed by atoms with E-state index in [2.05, 4.69) is 46.7 Å². The predicted octanol–water partition coefficient (Wildman–Crippen LogP) is 6.43. The van der Waals surface area contributed by atoms with Gasteiger partial charge < -0.3 is 15.0 Å². The molecule has 0 bridgehead atoms. The van der Waals surface area contributed by atoms with Gasteiger partial charge >= 0.3 is 5.97 Å². The maximum absolute atomic E-state index is 13.2. The zero-order chi connectivity index (χ0) is 29.3. The number of fused-ring (bicyclic) bond motifs is 1. The van der Waals surface area contributed by atoms with Gasteiger partial charge in [-0.25, -0.2) is 18.2 Å². The van der Waals surface area contributed by atoms with Crippen LogP contribution in [0.3, 0.4) is 0 Å². The van der Waals surface area contributed by atoms with Crippen LogP contribution in [0.4, 0.5) is 11.4 Å². The molecule has 0 atom stereocenters. The molecule has 0 radical (unpaired) electrons. The fourth-order valence-electron chi connectivity index (χ4n) is 4.33. The van der Waals surface area contributed by atoms with Gasteiger partial charge in [0.15, 0.2) is 0 Å². The number of imidazole rings is 1. The number of nitrogens with zero attached hydrogens (tertiary/aromatic N) is 1. The van der Waals surface area contributed by atoms with E-state index in [9.17, 15) is 18.0 Å². The Balaban J connectivity index is 1.28. The van der Waals surface area contributed by atoms with Crippen LogP contribution in [0.2, 0.25) is 0 Å². The molecule has 9 nitrogen and oxygen atoms in total. The Kier molecular flexibility index (Phi) is 7.98. The highest BCUT2D eigenvalue weighted by atomic mass is 79.9. The van der Waals surface area contributed by atoms with Crippen LogP contribution < -0.4 is 10.0 Å². The van der Waals surface area contributed by atoms with E-state index in [0.29, 0.717) is 27.0 Å². The fraction of sp³-hybridized carbons (Fsp3) is 0.138. The molecule has 0 aliphatic rings. The molecule has 1 amide bonds. The summed E-state index contributed by atoms with van der Waals surface area (Å²) in [5, 5.41) is 2.85. The molecule has 0 spiro atoms. The first-order chi connectivity index (χ1) is 19.5. The molecule has 3 aromatic carbocycles. The van der Waals surface area contributed by atoms with Crippen molar-refractivity contribution < 1.29 is 22.7 Å². The molecule has 2 heterocycles. The smallest absolute Gasteiger partial charge is 0.337 e. The Morgan fingerprint density at radius 1 is 1.00 bits per heavy atom. The lowest BCUT2D eigenvalue weighted by Crippen LogP contribution is -2.16. The van der Waals surface area contributed by atoms with Gasteiger partial charge in [-0.3, -0.25) is 9.52 Å². The standard InChI is InChI=1S/C29H25BrN4O5S2/c1-16-4-13-22-23(14-16)33-24(32-22)15-18-5-9-20(10-6-18)31-28(35)25-17(2)26(27(30)40-25)41(37,38)34-21-11-7-19(8-12-21)29(36)39-3/h4-14,34H,15H2,1-3H3,(H,31,35)(H,32,33). The van der Waals surface area contributed by atoms with Crippen LogP contribution in [-0.4, -0.2) is 37.4 Å². The van der Waals surface area contributed by atoms with Crippen LogP contribution in [0.1, 0.15) is 42.5 Å². The van der Waals surface area contributed by atoms with Gasteiger partial charge in [0.2, 0.25) is 0 Å². The number of hydrogen-bond donors (Lipinski definition) is 3. The Morgan fingerprint density at radius 3 is 2.37 bits per heavy atom. The topological polar surface area (TPSA) is 130 Å². The summed E-state index contributed by atoms with van der Waals surface area (Å²) in [5.41, 5.74) is 5.54. The summed E-state index contributed by atoms with van der Waals surface area (Å²) in [6, 6.07) is 19.4. The highest BCUT2D eigenvalue weighted by Gasteiger charge is 2.28. The number of carbonyl (C=O) groups is 2. The van der Waals surface area contributed by atoms with Crippen LogP contribution in [0.15, 0.2) is 75.4 Å². The molecule has 210 valence electrons. The molecule has 5 rings (SSSR count). The molecular formula is C29H25BrN4O5S2. The molecule has 0 saturated heterocycles. The van der Waals surface area contributed by atoms with Crippen molar-refractivity contribution >= 4 is 71.6 Å². The Hall–Kier alpha value is -4.00. The summed E-state index contributed by atoms with van der Waals surface area (Å²) in [6.45, 7) is 3.62. The number of anilines is 2. The quantitative estimate of drug-likeness (QED) is 0.166. The second-order valence-electron chi connectivity index (χ2n) is 9.37. The number of nitrogens with one attached hydrogen (secondary N) is 3. The summed E-state index contributed by atoms with van der Waals surface area (Å²) in [6.07, 6.45) is 0.610. The summed E-state index contributed by atoms with van der Waals surface area (Å²) < 4.78 is 33.9. The number of thiophene rings is 1. The van der Waals surface area contributed by atoms with Crippen molar-refractivity contribution in [1.82, 2.24) is 9.97 Å². The van der Waals surface area contributed by atoms with Crippen molar-refractivity contribution in [2.24, 2.45) is 0 Å². The molecule has 3 N–H and O–H groups in total. The maximum atomic E-state index is 13.2. The SMILES string of the molecule is COC(=O)c1ccc(NS(=O)(=O)c2c(Br)sc(C(=O)Nc3ccc(Cc4nc5ccc(C)cc5[nH]4)cc3)c2C)cc1. The second kappa shape index (κ2) is 11.5. The molecule has 0 saturated carbocycles. The third kappa shape index (κ3) is 6.19. The van der Waals surface area contributed by atoms with E-state index >= 15 is 0 Å². The average molecular weight is 654 g/mol. The van der Waals surface area contributed by atoms with E-state index in [1.165, 1.54) is 31.4 Å². The minimum atomic E-state index is -4.04. The first-order valence-corrected chi connectivity index (χ1v) is 15.5. The molecule has 0 aliphatic carbocycles. The summed E-state index contributed by atoms with van der Waals surface area (Å²) in [4.78, 5) is 33.0.